The molecule has 2 nitrogen and oxygen atoms in total. The molecule has 0 radical (unpaired) electrons. The minimum atomic E-state index is 0.464. The molecular weight excluding hydrogens is 126 g/mol. The fourth-order valence-corrected chi connectivity index (χ4v) is 2.35. The van der Waals surface area contributed by atoms with Crippen LogP contribution in [-0.4, -0.2) is 29.8 Å². The minimum absolute atomic E-state index is 0.464. The smallest absolute Gasteiger partial charge is 0.136 e. The average molecular weight is 139 g/mol. The van der Waals surface area contributed by atoms with Crippen LogP contribution in [0.15, 0.2) is 0 Å². The Bertz CT molecular complexity index is 152. The summed E-state index contributed by atoms with van der Waals surface area (Å²) in [4.78, 5) is 13.3. The minimum Gasteiger partial charge on any atom is -0.300 e. The molecule has 0 aromatic heterocycles. The van der Waals surface area contributed by atoms with Gasteiger partial charge in [-0.25, -0.2) is 0 Å². The van der Waals surface area contributed by atoms with Crippen LogP contribution in [0.3, 0.4) is 0 Å². The lowest BCUT2D eigenvalue weighted by atomic mass is 9.71. The molecule has 0 aromatic carbocycles. The Balaban J connectivity index is 2.13. The molecule has 2 unspecified atom stereocenters. The molecule has 0 aromatic rings. The third kappa shape index (κ3) is 0.601. The van der Waals surface area contributed by atoms with Crippen molar-refractivity contribution in [2.45, 2.75) is 31.8 Å². The molecule has 1 saturated carbocycles. The first-order valence-electron chi connectivity index (χ1n) is 3.94. The molecule has 2 saturated heterocycles. The predicted molar refractivity (Wildman–Crippen MR) is 38.7 cm³/mol. The van der Waals surface area contributed by atoms with E-state index < -0.39 is 0 Å². The number of carbonyl (C=O) groups is 1. The fraction of sp³-hybridized carbons (Fsp3) is 0.875. The SMILES string of the molecule is CC1C2CC(=O)CC1N2C. The monoisotopic (exact) mass is 139 g/mol. The molecule has 2 aliphatic heterocycles. The van der Waals surface area contributed by atoms with Gasteiger partial charge < -0.3 is 0 Å². The van der Waals surface area contributed by atoms with Crippen LogP contribution >= 0.6 is 0 Å². The molecule has 3 fully saturated rings. The molecule has 10 heavy (non-hydrogen) atoms. The second-order valence-electron chi connectivity index (χ2n) is 3.61. The van der Waals surface area contributed by atoms with E-state index in [1.54, 1.807) is 0 Å². The summed E-state index contributed by atoms with van der Waals surface area (Å²) in [6.07, 6.45) is 1.60. The van der Waals surface area contributed by atoms with E-state index in [4.69, 9.17) is 0 Å². The highest BCUT2D eigenvalue weighted by Crippen LogP contribution is 2.39. The lowest BCUT2D eigenvalue weighted by Crippen LogP contribution is -2.65. The van der Waals surface area contributed by atoms with Crippen molar-refractivity contribution in [3.63, 3.8) is 0 Å². The van der Waals surface area contributed by atoms with E-state index >= 15 is 0 Å². The summed E-state index contributed by atoms with van der Waals surface area (Å²) < 4.78 is 0. The van der Waals surface area contributed by atoms with Crippen LogP contribution < -0.4 is 0 Å². The number of ketones is 1. The summed E-state index contributed by atoms with van der Waals surface area (Å²) in [6, 6.07) is 1.15. The Labute approximate surface area is 61.2 Å². The largest absolute Gasteiger partial charge is 0.300 e. The second-order valence-corrected chi connectivity index (χ2v) is 3.61. The summed E-state index contributed by atoms with van der Waals surface area (Å²) in [6.45, 7) is 2.25. The van der Waals surface area contributed by atoms with Crippen molar-refractivity contribution in [3.8, 4) is 0 Å². The van der Waals surface area contributed by atoms with Crippen molar-refractivity contribution in [2.75, 3.05) is 7.05 Å². The van der Waals surface area contributed by atoms with Gasteiger partial charge in [-0.1, -0.05) is 6.92 Å². The maximum atomic E-state index is 11.0. The molecule has 3 rings (SSSR count). The van der Waals surface area contributed by atoms with Gasteiger partial charge in [0.2, 0.25) is 0 Å². The van der Waals surface area contributed by atoms with E-state index in [2.05, 4.69) is 18.9 Å². The predicted octanol–water partition coefficient (Wildman–Crippen LogP) is 0.668. The quantitative estimate of drug-likeness (QED) is 0.491. The Hall–Kier alpha value is -0.370. The van der Waals surface area contributed by atoms with Gasteiger partial charge in [-0.3, -0.25) is 9.69 Å². The summed E-state index contributed by atoms with van der Waals surface area (Å²) in [7, 11) is 2.13. The molecule has 3 aliphatic rings. The van der Waals surface area contributed by atoms with Crippen molar-refractivity contribution < 1.29 is 4.79 Å². The van der Waals surface area contributed by atoms with E-state index in [1.807, 2.05) is 0 Å². The van der Waals surface area contributed by atoms with E-state index in [-0.39, 0.29) is 0 Å². The van der Waals surface area contributed by atoms with Crippen LogP contribution in [-0.2, 0) is 4.79 Å². The molecule has 0 N–H and O–H groups in total. The van der Waals surface area contributed by atoms with Gasteiger partial charge in [-0.2, -0.15) is 0 Å². The van der Waals surface area contributed by atoms with Crippen molar-refractivity contribution in [1.29, 1.82) is 0 Å². The number of fused-ring (bicyclic) bond motifs is 2. The Morgan fingerprint density at radius 1 is 1.40 bits per heavy atom. The number of hydrogen-bond acceptors (Lipinski definition) is 2. The third-order valence-electron chi connectivity index (χ3n) is 3.13. The van der Waals surface area contributed by atoms with E-state index in [0.717, 1.165) is 18.8 Å². The highest BCUT2D eigenvalue weighted by Gasteiger charge is 2.48. The number of nitrogens with zero attached hydrogens (tertiary/aromatic N) is 1. The second kappa shape index (κ2) is 1.82. The molecule has 0 amide bonds. The molecule has 2 heteroatoms. The summed E-state index contributed by atoms with van der Waals surface area (Å²) in [5.74, 6) is 1.23. The normalized spacial score (nSPS) is 47.0. The summed E-state index contributed by atoms with van der Waals surface area (Å²) in [5.41, 5.74) is 0. The lowest BCUT2D eigenvalue weighted by molar-refractivity contribution is -0.139. The molecule has 2 atom stereocenters. The number of rotatable bonds is 0. The molecule has 0 spiro atoms. The first-order chi connectivity index (χ1) is 4.70. The zero-order valence-electron chi connectivity index (χ0n) is 6.50. The number of piperidine rings is 1. The highest BCUT2D eigenvalue weighted by atomic mass is 16.1. The average Bonchev–Trinajstić information content (AvgIpc) is 1.94. The maximum Gasteiger partial charge on any atom is 0.136 e. The van der Waals surface area contributed by atoms with Crippen LogP contribution in [0.4, 0.5) is 0 Å². The topological polar surface area (TPSA) is 20.3 Å². The van der Waals surface area contributed by atoms with Crippen LogP contribution in [0.1, 0.15) is 19.8 Å². The highest BCUT2D eigenvalue weighted by molar-refractivity contribution is 5.81. The van der Waals surface area contributed by atoms with Gasteiger partial charge in [-0.05, 0) is 13.0 Å². The first kappa shape index (κ1) is 6.35. The first-order valence-corrected chi connectivity index (χ1v) is 3.94. The Kier molecular flexibility index (Phi) is 1.15. The van der Waals surface area contributed by atoms with Crippen molar-refractivity contribution in [2.24, 2.45) is 5.92 Å². The fourth-order valence-electron chi connectivity index (χ4n) is 2.35. The molecular formula is C8H13NO. The van der Waals surface area contributed by atoms with Gasteiger partial charge in [0.15, 0.2) is 0 Å². The Morgan fingerprint density at radius 3 is 2.20 bits per heavy atom. The standard InChI is InChI=1S/C8H13NO/c1-5-7-3-6(10)4-8(5)9(7)2/h5,7-8H,3-4H2,1-2H3. The lowest BCUT2D eigenvalue weighted by Gasteiger charge is -2.55. The van der Waals surface area contributed by atoms with Gasteiger partial charge in [-0.15, -0.1) is 0 Å². The van der Waals surface area contributed by atoms with Gasteiger partial charge in [0.25, 0.3) is 0 Å². The van der Waals surface area contributed by atoms with Crippen LogP contribution in [0, 0.1) is 5.92 Å². The van der Waals surface area contributed by atoms with Gasteiger partial charge >= 0.3 is 0 Å². The molecule has 2 heterocycles. The zero-order chi connectivity index (χ0) is 7.30. The summed E-state index contributed by atoms with van der Waals surface area (Å²) in [5, 5.41) is 0. The summed E-state index contributed by atoms with van der Waals surface area (Å²) >= 11 is 0. The van der Waals surface area contributed by atoms with Crippen LogP contribution in [0.5, 0.6) is 0 Å². The Morgan fingerprint density at radius 2 is 1.90 bits per heavy atom. The van der Waals surface area contributed by atoms with Gasteiger partial charge in [0, 0.05) is 24.9 Å². The van der Waals surface area contributed by atoms with Crippen molar-refractivity contribution >= 4 is 5.78 Å². The van der Waals surface area contributed by atoms with E-state index in [1.165, 1.54) is 0 Å². The van der Waals surface area contributed by atoms with Gasteiger partial charge in [0.05, 0.1) is 0 Å². The van der Waals surface area contributed by atoms with E-state index in [0.29, 0.717) is 17.9 Å². The number of Topliss-reactive ketones (excluding diaryl/α,β-unsaturated/α-hetero) is 1. The molecule has 1 aliphatic carbocycles. The number of hydrogen-bond donors (Lipinski definition) is 0. The maximum absolute atomic E-state index is 11.0. The van der Waals surface area contributed by atoms with E-state index in [9.17, 15) is 4.79 Å². The van der Waals surface area contributed by atoms with Crippen molar-refractivity contribution in [3.05, 3.63) is 0 Å². The van der Waals surface area contributed by atoms with Crippen LogP contribution in [0.25, 0.3) is 0 Å². The molecule has 56 valence electrons. The third-order valence-corrected chi connectivity index (χ3v) is 3.13. The molecule has 2 bridgehead atoms. The zero-order valence-corrected chi connectivity index (χ0v) is 6.50. The van der Waals surface area contributed by atoms with Gasteiger partial charge in [0.1, 0.15) is 5.78 Å². The number of carbonyl (C=O) groups excluding carboxylic acids is 1. The van der Waals surface area contributed by atoms with Crippen LogP contribution in [0.2, 0.25) is 0 Å². The van der Waals surface area contributed by atoms with Crippen molar-refractivity contribution in [1.82, 2.24) is 4.90 Å².